The van der Waals surface area contributed by atoms with E-state index >= 15 is 0 Å². The molecular weight excluding hydrogens is 450 g/mol. The molecule has 4 rings (SSSR count). The highest BCUT2D eigenvalue weighted by molar-refractivity contribution is 6.51. The molecular formula is C28H26ClNO4. The van der Waals surface area contributed by atoms with Gasteiger partial charge in [-0.05, 0) is 52.9 Å². The summed E-state index contributed by atoms with van der Waals surface area (Å²) in [6, 6.07) is 20.6. The molecule has 0 aliphatic carbocycles. The summed E-state index contributed by atoms with van der Waals surface area (Å²) in [5, 5.41) is 12.0. The number of nitrogens with zero attached hydrogens (tertiary/aromatic N) is 1. The second-order valence-electron chi connectivity index (χ2n) is 9.22. The molecule has 1 N–H and O–H groups in total. The third kappa shape index (κ3) is 4.19. The monoisotopic (exact) mass is 475 g/mol. The van der Waals surface area contributed by atoms with Crippen molar-refractivity contribution in [2.75, 3.05) is 12.0 Å². The first-order valence-corrected chi connectivity index (χ1v) is 11.3. The van der Waals surface area contributed by atoms with E-state index in [0.717, 1.165) is 5.56 Å². The number of carbonyl (C=O) groups is 2. The molecule has 1 atom stereocenters. The molecule has 0 saturated carbocycles. The van der Waals surface area contributed by atoms with Crippen LogP contribution < -0.4 is 9.64 Å². The van der Waals surface area contributed by atoms with E-state index in [9.17, 15) is 14.7 Å². The van der Waals surface area contributed by atoms with Gasteiger partial charge in [0.05, 0.1) is 24.3 Å². The Kier molecular flexibility index (Phi) is 6.24. The number of aliphatic hydroxyl groups is 1. The van der Waals surface area contributed by atoms with Gasteiger partial charge in [-0.3, -0.25) is 14.5 Å². The summed E-state index contributed by atoms with van der Waals surface area (Å²) in [6.45, 7) is 6.17. The van der Waals surface area contributed by atoms with Crippen molar-refractivity contribution in [3.8, 4) is 5.75 Å². The standard InChI is InChI=1S/C28H26ClNO4/c1-28(2,3)18-10-15-22(34-4)21(16-18)25(31)23-24(17-8-6-5-7-9-17)30(27(33)26(23)32)20-13-11-19(29)12-14-20/h5-16,24,31H,1-4H3/b25-23+. The van der Waals surface area contributed by atoms with Crippen molar-refractivity contribution < 1.29 is 19.4 Å². The smallest absolute Gasteiger partial charge is 0.300 e. The van der Waals surface area contributed by atoms with Gasteiger partial charge in [0.1, 0.15) is 11.5 Å². The van der Waals surface area contributed by atoms with Crippen LogP contribution in [0.4, 0.5) is 5.69 Å². The van der Waals surface area contributed by atoms with Crippen molar-refractivity contribution in [3.63, 3.8) is 0 Å². The fourth-order valence-electron chi connectivity index (χ4n) is 4.16. The van der Waals surface area contributed by atoms with Crippen LogP contribution in [0, 0.1) is 0 Å². The third-order valence-electron chi connectivity index (χ3n) is 5.99. The molecule has 1 amide bonds. The number of ether oxygens (including phenoxy) is 1. The van der Waals surface area contributed by atoms with E-state index in [2.05, 4.69) is 20.8 Å². The van der Waals surface area contributed by atoms with Gasteiger partial charge in [0.25, 0.3) is 11.7 Å². The number of halogens is 1. The second kappa shape index (κ2) is 8.99. The number of anilines is 1. The number of hydrogen-bond donors (Lipinski definition) is 1. The number of aliphatic hydroxyl groups excluding tert-OH is 1. The molecule has 1 heterocycles. The lowest BCUT2D eigenvalue weighted by Gasteiger charge is -2.26. The van der Waals surface area contributed by atoms with Crippen LogP contribution in [0.25, 0.3) is 5.76 Å². The van der Waals surface area contributed by atoms with Gasteiger partial charge in [-0.1, -0.05) is 68.8 Å². The Bertz CT molecular complexity index is 1270. The van der Waals surface area contributed by atoms with Gasteiger partial charge in [-0.15, -0.1) is 0 Å². The zero-order valence-corrected chi connectivity index (χ0v) is 20.3. The van der Waals surface area contributed by atoms with Crippen LogP contribution in [0.5, 0.6) is 5.75 Å². The first kappa shape index (κ1) is 23.6. The number of benzene rings is 3. The zero-order valence-electron chi connectivity index (χ0n) is 19.5. The molecule has 0 bridgehead atoms. The largest absolute Gasteiger partial charge is 0.507 e. The van der Waals surface area contributed by atoms with Crippen molar-refractivity contribution in [1.82, 2.24) is 0 Å². The number of ketones is 1. The Balaban J connectivity index is 1.98. The quantitative estimate of drug-likeness (QED) is 0.274. The van der Waals surface area contributed by atoms with Crippen molar-refractivity contribution in [2.24, 2.45) is 0 Å². The van der Waals surface area contributed by atoms with E-state index in [-0.39, 0.29) is 16.7 Å². The summed E-state index contributed by atoms with van der Waals surface area (Å²) >= 11 is 6.05. The van der Waals surface area contributed by atoms with Gasteiger partial charge in [0, 0.05) is 10.7 Å². The Morgan fingerprint density at radius 3 is 2.21 bits per heavy atom. The third-order valence-corrected chi connectivity index (χ3v) is 6.24. The molecule has 0 aromatic heterocycles. The average molecular weight is 476 g/mol. The number of methoxy groups -OCH3 is 1. The normalized spacial score (nSPS) is 17.8. The number of rotatable bonds is 4. The molecule has 3 aromatic rings. The van der Waals surface area contributed by atoms with E-state index in [1.165, 1.54) is 12.0 Å². The van der Waals surface area contributed by atoms with E-state index in [0.29, 0.717) is 27.6 Å². The predicted octanol–water partition coefficient (Wildman–Crippen LogP) is 6.27. The molecule has 1 unspecified atom stereocenters. The van der Waals surface area contributed by atoms with E-state index < -0.39 is 17.7 Å². The van der Waals surface area contributed by atoms with Crippen LogP contribution in [-0.2, 0) is 15.0 Å². The average Bonchev–Trinajstić information content (AvgIpc) is 3.09. The maximum absolute atomic E-state index is 13.4. The SMILES string of the molecule is COc1ccc(C(C)(C)C)cc1/C(O)=C1\C(=O)C(=O)N(c2ccc(Cl)cc2)C1c1ccccc1. The minimum atomic E-state index is -0.814. The molecule has 3 aromatic carbocycles. The zero-order chi connectivity index (χ0) is 24.6. The summed E-state index contributed by atoms with van der Waals surface area (Å²) in [5.41, 5.74) is 2.34. The highest BCUT2D eigenvalue weighted by Crippen LogP contribution is 2.44. The summed E-state index contributed by atoms with van der Waals surface area (Å²) in [7, 11) is 1.50. The highest BCUT2D eigenvalue weighted by atomic mass is 35.5. The molecule has 1 aliphatic rings. The maximum atomic E-state index is 13.4. The number of amides is 1. The summed E-state index contributed by atoms with van der Waals surface area (Å²) in [4.78, 5) is 28.0. The molecule has 34 heavy (non-hydrogen) atoms. The van der Waals surface area contributed by atoms with Crippen LogP contribution in [0.1, 0.15) is 43.5 Å². The van der Waals surface area contributed by atoms with Crippen molar-refractivity contribution in [2.45, 2.75) is 32.2 Å². The Morgan fingerprint density at radius 1 is 0.971 bits per heavy atom. The Morgan fingerprint density at radius 2 is 1.62 bits per heavy atom. The van der Waals surface area contributed by atoms with Crippen molar-refractivity contribution >= 4 is 34.7 Å². The minimum Gasteiger partial charge on any atom is -0.507 e. The van der Waals surface area contributed by atoms with Crippen LogP contribution in [0.15, 0.2) is 78.4 Å². The van der Waals surface area contributed by atoms with Crippen LogP contribution >= 0.6 is 11.6 Å². The molecule has 6 heteroatoms. The van der Waals surface area contributed by atoms with E-state index in [4.69, 9.17) is 16.3 Å². The molecule has 1 aliphatic heterocycles. The van der Waals surface area contributed by atoms with E-state index in [1.807, 2.05) is 42.5 Å². The van der Waals surface area contributed by atoms with Crippen LogP contribution in [0.3, 0.4) is 0 Å². The van der Waals surface area contributed by atoms with E-state index in [1.54, 1.807) is 30.3 Å². The molecule has 0 spiro atoms. The molecule has 5 nitrogen and oxygen atoms in total. The lowest BCUT2D eigenvalue weighted by atomic mass is 9.85. The highest BCUT2D eigenvalue weighted by Gasteiger charge is 2.47. The van der Waals surface area contributed by atoms with Crippen LogP contribution in [0.2, 0.25) is 5.02 Å². The fraction of sp³-hybridized carbons (Fsp3) is 0.214. The first-order valence-electron chi connectivity index (χ1n) is 10.9. The van der Waals surface area contributed by atoms with Gasteiger partial charge < -0.3 is 9.84 Å². The number of hydrogen-bond acceptors (Lipinski definition) is 4. The van der Waals surface area contributed by atoms with Crippen molar-refractivity contribution in [3.05, 3.63) is 100 Å². The van der Waals surface area contributed by atoms with Crippen molar-refractivity contribution in [1.29, 1.82) is 0 Å². The molecule has 1 fully saturated rings. The summed E-state index contributed by atoms with van der Waals surface area (Å²) in [6.07, 6.45) is 0. The number of Topliss-reactive ketones (excluding diaryl/α,β-unsaturated/α-hetero) is 1. The maximum Gasteiger partial charge on any atom is 0.300 e. The molecule has 1 saturated heterocycles. The molecule has 0 radical (unpaired) electrons. The Hall–Kier alpha value is -3.57. The fourth-order valence-corrected chi connectivity index (χ4v) is 4.28. The number of carbonyl (C=O) groups excluding carboxylic acids is 2. The lowest BCUT2D eigenvalue weighted by Crippen LogP contribution is -2.29. The second-order valence-corrected chi connectivity index (χ2v) is 9.66. The van der Waals surface area contributed by atoms with Gasteiger partial charge >= 0.3 is 0 Å². The first-order chi connectivity index (χ1) is 16.1. The summed E-state index contributed by atoms with van der Waals surface area (Å²) < 4.78 is 5.50. The van der Waals surface area contributed by atoms with Crippen LogP contribution in [-0.4, -0.2) is 23.9 Å². The Labute approximate surface area is 204 Å². The van der Waals surface area contributed by atoms with Gasteiger partial charge in [0.2, 0.25) is 0 Å². The topological polar surface area (TPSA) is 66.8 Å². The molecule has 174 valence electrons. The summed E-state index contributed by atoms with van der Waals surface area (Å²) in [5.74, 6) is -1.34. The minimum absolute atomic E-state index is 0.00973. The van der Waals surface area contributed by atoms with Gasteiger partial charge in [-0.25, -0.2) is 0 Å². The predicted molar refractivity (Wildman–Crippen MR) is 134 cm³/mol. The van der Waals surface area contributed by atoms with Gasteiger partial charge in [-0.2, -0.15) is 0 Å². The lowest BCUT2D eigenvalue weighted by molar-refractivity contribution is -0.132. The van der Waals surface area contributed by atoms with Gasteiger partial charge in [0.15, 0.2) is 0 Å².